The minimum atomic E-state index is -1.19. The van der Waals surface area contributed by atoms with Gasteiger partial charge in [-0.2, -0.15) is 0 Å². The molecule has 0 saturated carbocycles. The highest BCUT2D eigenvalue weighted by molar-refractivity contribution is 5.98. The van der Waals surface area contributed by atoms with E-state index < -0.39 is 126 Å². The van der Waals surface area contributed by atoms with E-state index in [0.717, 1.165) is 10.5 Å². The molecule has 0 radical (unpaired) electrons. The normalized spacial score (nSPS) is 16.0. The maximum atomic E-state index is 14.8. The Kier molecular flexibility index (Phi) is 37.6. The molecule has 9 N–H and O–H groups in total. The number of aliphatic carboxylic acids is 1. The highest BCUT2D eigenvalue weighted by atomic mass is 16.6. The molecule has 1 aliphatic heterocycles. The number of carboxylic acids is 1. The number of hydrogen-bond donors (Lipinski definition) is 8. The monoisotopic (exact) mass is 1370 g/mol. The first-order valence-electron chi connectivity index (χ1n) is 33.3. The first-order valence-corrected chi connectivity index (χ1v) is 33.3. The zero-order valence-electron chi connectivity index (χ0n) is 58.7. The Morgan fingerprint density at radius 1 is 0.722 bits per heavy atom. The predicted molar refractivity (Wildman–Crippen MR) is 361 cm³/mol. The lowest BCUT2D eigenvalue weighted by Gasteiger charge is -2.41. The summed E-state index contributed by atoms with van der Waals surface area (Å²) in [6, 6.07) is 7.86. The van der Waals surface area contributed by atoms with Crippen LogP contribution in [0.2, 0.25) is 0 Å². The third-order valence-corrected chi connectivity index (χ3v) is 17.1. The number of nitrogens with one attached hydrogen (secondary N) is 6. The van der Waals surface area contributed by atoms with Crippen LogP contribution in [0.1, 0.15) is 118 Å². The number of carboxylic acid groups (broad SMARTS) is 1. The van der Waals surface area contributed by atoms with E-state index in [1.807, 2.05) is 19.9 Å². The van der Waals surface area contributed by atoms with Crippen molar-refractivity contribution in [2.45, 2.75) is 175 Å². The number of carbonyl (C=O) groups excluding carboxylic acids is 9. The average molecular weight is 1370 g/mol. The Labute approximate surface area is 570 Å². The highest BCUT2D eigenvalue weighted by Gasteiger charge is 2.44. The van der Waals surface area contributed by atoms with Crippen molar-refractivity contribution >= 4 is 65.1 Å². The molecule has 97 heavy (non-hydrogen) atoms. The van der Waals surface area contributed by atoms with Crippen LogP contribution in [0, 0.1) is 29.6 Å². The number of ether oxygens (including phenoxy) is 6. The summed E-state index contributed by atoms with van der Waals surface area (Å²) in [7, 11) is 5.97. The Morgan fingerprint density at radius 2 is 1.34 bits per heavy atom. The summed E-state index contributed by atoms with van der Waals surface area (Å²) in [5, 5.41) is 29.7. The van der Waals surface area contributed by atoms with E-state index >= 15 is 0 Å². The second-order valence-corrected chi connectivity index (χ2v) is 25.3. The van der Waals surface area contributed by atoms with Crippen molar-refractivity contribution in [2.24, 2.45) is 40.4 Å². The number of hydrogen-bond acceptors (Lipinski definition) is 17. The first kappa shape index (κ1) is 83.1. The molecule has 11 atom stereocenters. The van der Waals surface area contributed by atoms with Crippen LogP contribution in [0.5, 0.6) is 0 Å². The number of likely N-dealkylation sites (N-methyl/N-ethyl adjacent to an activating group) is 2. The van der Waals surface area contributed by atoms with E-state index in [1.165, 1.54) is 26.2 Å². The van der Waals surface area contributed by atoms with Gasteiger partial charge in [0.2, 0.25) is 41.4 Å². The van der Waals surface area contributed by atoms with Crippen molar-refractivity contribution in [3.05, 3.63) is 76.2 Å². The second kappa shape index (κ2) is 43.9. The summed E-state index contributed by atoms with van der Waals surface area (Å²) in [6.07, 6.45) is -0.471. The summed E-state index contributed by atoms with van der Waals surface area (Å²) in [6.45, 7) is 18.0. The van der Waals surface area contributed by atoms with E-state index in [9.17, 15) is 53.1 Å². The van der Waals surface area contributed by atoms with Gasteiger partial charge in [0.15, 0.2) is 0 Å². The van der Waals surface area contributed by atoms with Crippen LogP contribution in [0.3, 0.4) is 0 Å². The number of nitrogens with two attached hydrogens (primary N) is 1. The summed E-state index contributed by atoms with van der Waals surface area (Å²) in [5.74, 6) is -7.05. The fourth-order valence-corrected chi connectivity index (χ4v) is 11.5. The molecular weight excluding hydrogens is 1260 g/mol. The quantitative estimate of drug-likeness (QED) is 0.0189. The van der Waals surface area contributed by atoms with E-state index in [1.54, 1.807) is 109 Å². The molecule has 542 valence electrons. The smallest absolute Gasteiger partial charge is 0.410 e. The number of carbonyl (C=O) groups is 10. The molecule has 1 saturated heterocycles. The Bertz CT molecular complexity index is 2870. The molecule has 30 nitrogen and oxygen atoms in total. The van der Waals surface area contributed by atoms with Gasteiger partial charge in [0.1, 0.15) is 36.8 Å². The van der Waals surface area contributed by atoms with Gasteiger partial charge in [-0.3, -0.25) is 38.5 Å². The van der Waals surface area contributed by atoms with Gasteiger partial charge in [-0.1, -0.05) is 116 Å². The van der Waals surface area contributed by atoms with Gasteiger partial charge in [-0.05, 0) is 78.1 Å². The largest absolute Gasteiger partial charge is 0.480 e. The number of amides is 10. The van der Waals surface area contributed by atoms with Gasteiger partial charge in [0, 0.05) is 71.4 Å². The molecule has 0 aromatic heterocycles. The molecule has 2 aromatic rings. The van der Waals surface area contributed by atoms with Crippen LogP contribution in [0.4, 0.5) is 15.3 Å². The maximum Gasteiger partial charge on any atom is 0.410 e. The lowest BCUT2D eigenvalue weighted by molar-refractivity contribution is -0.148. The van der Waals surface area contributed by atoms with Crippen LogP contribution in [-0.2, 0) is 79.8 Å². The molecule has 2 aromatic carbocycles. The summed E-state index contributed by atoms with van der Waals surface area (Å²) >= 11 is 0. The topological polar surface area (TPSA) is 403 Å². The number of benzene rings is 2. The lowest BCUT2D eigenvalue weighted by atomic mass is 9.89. The summed E-state index contributed by atoms with van der Waals surface area (Å²) in [4.78, 5) is 142. The van der Waals surface area contributed by atoms with E-state index in [2.05, 4.69) is 41.9 Å². The number of azide groups is 1. The fraction of sp³-hybridized carbons (Fsp3) is 0.672. The Hall–Kier alpha value is -8.15. The zero-order chi connectivity index (χ0) is 72.3. The number of methoxy groups -OCH3 is 2. The molecule has 0 spiro atoms. The van der Waals surface area contributed by atoms with Crippen LogP contribution < -0.4 is 37.6 Å². The minimum absolute atomic E-state index is 0.0539. The number of nitrogens with zero attached hydrogens (tertiary/aromatic N) is 6. The van der Waals surface area contributed by atoms with Crippen molar-refractivity contribution in [1.29, 1.82) is 0 Å². The van der Waals surface area contributed by atoms with Gasteiger partial charge in [-0.25, -0.2) is 14.4 Å². The van der Waals surface area contributed by atoms with Crippen LogP contribution in [0.25, 0.3) is 10.4 Å². The number of anilines is 1. The van der Waals surface area contributed by atoms with Gasteiger partial charge in [0.05, 0.1) is 76.3 Å². The number of likely N-dealkylation sites (tertiary alicyclic amines) is 1. The summed E-state index contributed by atoms with van der Waals surface area (Å²) < 4.78 is 33.9. The van der Waals surface area contributed by atoms with Crippen LogP contribution >= 0.6 is 0 Å². The summed E-state index contributed by atoms with van der Waals surface area (Å²) in [5.41, 5.74) is 15.1. The van der Waals surface area contributed by atoms with Crippen LogP contribution in [0.15, 0.2) is 59.7 Å². The van der Waals surface area contributed by atoms with Gasteiger partial charge >= 0.3 is 18.1 Å². The van der Waals surface area contributed by atoms with Crippen LogP contribution in [-0.4, -0.2) is 221 Å². The molecule has 30 heteroatoms. The first-order chi connectivity index (χ1) is 46.1. The average Bonchev–Trinajstić information content (AvgIpc) is 1.81. The minimum Gasteiger partial charge on any atom is -0.480 e. The van der Waals surface area contributed by atoms with Crippen molar-refractivity contribution < 1.29 is 81.5 Å². The Morgan fingerprint density at radius 3 is 1.91 bits per heavy atom. The molecule has 1 fully saturated rings. The SMILES string of the molecule is CC[C@H](C)[C@@H]([C@@H](CC(=O)N1CCC[C@H]1[C@H](OC)[C@@H](C)C(=O)N[C@@H](Cc1ccccc1)C(=O)O)OC)N(C)C(=O)[C@@H](NC(=O)[C@H](C(C)C)N(C)C(=O)OCc1ccc(NC(=O)C(CCCNC(N)=O)NC(=O)[C@@H](NC(=O)CCOCCOCCOCCN=[N+]=[N-])C(C)C)cc1)C(C)C. The molecule has 10 amide bonds. The fourth-order valence-electron chi connectivity index (χ4n) is 11.5. The van der Waals surface area contributed by atoms with Crippen molar-refractivity contribution in [3.8, 4) is 0 Å². The number of urea groups is 1. The molecule has 1 unspecified atom stereocenters. The number of rotatable bonds is 45. The maximum absolute atomic E-state index is 14.8. The highest BCUT2D eigenvalue weighted by Crippen LogP contribution is 2.30. The zero-order valence-corrected chi connectivity index (χ0v) is 58.7. The molecule has 0 bridgehead atoms. The van der Waals surface area contributed by atoms with E-state index in [4.69, 9.17) is 39.7 Å². The second-order valence-electron chi connectivity index (χ2n) is 25.3. The third kappa shape index (κ3) is 28.1. The molecular formula is C67H107N13O17. The molecule has 3 rings (SSSR count). The van der Waals surface area contributed by atoms with Crippen molar-refractivity contribution in [2.75, 3.05) is 92.9 Å². The molecule has 1 heterocycles. The Balaban J connectivity index is 1.66. The van der Waals surface area contributed by atoms with Gasteiger partial charge < -0.3 is 81.0 Å². The van der Waals surface area contributed by atoms with Crippen molar-refractivity contribution in [1.82, 2.24) is 41.3 Å². The number of primary amides is 1. The predicted octanol–water partition coefficient (Wildman–Crippen LogP) is 4.92. The van der Waals surface area contributed by atoms with E-state index in [-0.39, 0.29) is 96.0 Å². The lowest BCUT2D eigenvalue weighted by Crippen LogP contribution is -2.60. The van der Waals surface area contributed by atoms with Gasteiger partial charge in [0.25, 0.3) is 0 Å². The molecule has 1 aliphatic rings. The third-order valence-electron chi connectivity index (χ3n) is 17.1. The molecule has 0 aliphatic carbocycles. The standard InChI is InChI=1S/C67H107N13O17/c1-14-44(8)58(52(92-12)39-54(82)80-31-19-23-51(80)59(93-13)45(9)60(83)74-50(65(88)89)38-46-20-16-15-17-21-46)78(10)64(87)56(42(4)5)76-63(86)57(43(6)7)79(11)67(91)97-40-47-24-26-48(27-25-47)72-61(84)49(22-18-29-70-66(68)90)73-62(85)55(41(2)3)75-53(81)28-32-94-34-36-96-37-35-95-33-30-71-77-69/h15-17,20-21,24-27,41-45,49-52,55-59H,14,18-19,22-23,28-40H2,1-13H3,(H,72,84)(H,73,85)(H,74,83)(H,75,81)(H,76,86)(H,88,89)(H3,68,70,90)/t44-,45+,49?,50-,51-,52+,55-,56-,57-,58-,59+/m0/s1. The van der Waals surface area contributed by atoms with Gasteiger partial charge in [-0.15, -0.1) is 0 Å². The van der Waals surface area contributed by atoms with E-state index in [0.29, 0.717) is 50.3 Å². The van der Waals surface area contributed by atoms with Crippen molar-refractivity contribution in [3.63, 3.8) is 0 Å².